The van der Waals surface area contributed by atoms with Crippen molar-refractivity contribution in [2.24, 2.45) is 11.8 Å². The Kier molecular flexibility index (Phi) is 9.07. The monoisotopic (exact) mass is 558 g/mol. The third-order valence-electron chi connectivity index (χ3n) is 6.39. The molecule has 2 aromatic carbocycles. The Hall–Kier alpha value is -3.14. The van der Waals surface area contributed by atoms with Crippen molar-refractivity contribution in [2.45, 2.75) is 57.4 Å². The number of aliphatic hydroxyl groups excluding tert-OH is 3. The summed E-state index contributed by atoms with van der Waals surface area (Å²) in [5, 5.41) is 58.6. The Bertz CT molecular complexity index is 1250. The summed E-state index contributed by atoms with van der Waals surface area (Å²) in [6.45, 7) is 3.93. The Labute approximate surface area is 218 Å². The quantitative estimate of drug-likeness (QED) is 0.157. The molecule has 0 unspecified atom stereocenters. The van der Waals surface area contributed by atoms with Gasteiger partial charge in [-0.3, -0.25) is 4.55 Å². The lowest BCUT2D eigenvalue weighted by Crippen LogP contribution is -2.61. The van der Waals surface area contributed by atoms with Gasteiger partial charge in [0, 0.05) is 0 Å². The second-order valence-electron chi connectivity index (χ2n) is 9.33. The Morgan fingerprint density at radius 3 is 2.03 bits per heavy atom. The number of phenols is 2. The number of benzene rings is 2. The van der Waals surface area contributed by atoms with Gasteiger partial charge in [0.1, 0.15) is 18.3 Å². The molecule has 13 nitrogen and oxygen atoms in total. The first-order valence-electron chi connectivity index (χ1n) is 11.6. The Morgan fingerprint density at radius 2 is 1.47 bits per heavy atom. The zero-order valence-corrected chi connectivity index (χ0v) is 21.2. The highest BCUT2D eigenvalue weighted by Gasteiger charge is 2.48. The average molecular weight is 559 g/mol. The van der Waals surface area contributed by atoms with Gasteiger partial charge in [0.05, 0.1) is 0 Å². The van der Waals surface area contributed by atoms with E-state index in [2.05, 4.69) is 4.18 Å². The SMILES string of the molecule is C[C@H](Cc1ccc(O)c(O)c1)[C@@H](C)Cc1ccc(OS(=O)(=O)O)c(O[C@@H]2O[C@H](C(=O)O)[C@@H](O)[C@H](O)[C@H]2O)c1. The van der Waals surface area contributed by atoms with Crippen LogP contribution in [0.3, 0.4) is 0 Å². The van der Waals surface area contributed by atoms with E-state index < -0.39 is 52.8 Å². The highest BCUT2D eigenvalue weighted by atomic mass is 32.3. The molecule has 1 aliphatic rings. The summed E-state index contributed by atoms with van der Waals surface area (Å²) in [6.07, 6.45) is -8.62. The lowest BCUT2D eigenvalue weighted by Gasteiger charge is -2.38. The maximum absolute atomic E-state index is 11.4. The minimum absolute atomic E-state index is 0.0250. The van der Waals surface area contributed by atoms with Crippen molar-refractivity contribution in [1.82, 2.24) is 0 Å². The van der Waals surface area contributed by atoms with Crippen LogP contribution in [-0.4, -0.2) is 80.3 Å². The van der Waals surface area contributed by atoms with Gasteiger partial charge in [-0.1, -0.05) is 26.0 Å². The largest absolute Gasteiger partial charge is 0.504 e. The topological polar surface area (TPSA) is 221 Å². The molecule has 7 N–H and O–H groups in total. The molecule has 3 rings (SSSR count). The Morgan fingerprint density at radius 1 is 0.895 bits per heavy atom. The first-order chi connectivity index (χ1) is 17.7. The number of carboxylic acids is 1. The number of aromatic hydroxyl groups is 2. The summed E-state index contributed by atoms with van der Waals surface area (Å²) >= 11 is 0. The van der Waals surface area contributed by atoms with Crippen LogP contribution in [0.15, 0.2) is 36.4 Å². The van der Waals surface area contributed by atoms with Crippen molar-refractivity contribution in [2.75, 3.05) is 0 Å². The van der Waals surface area contributed by atoms with Crippen LogP contribution >= 0.6 is 0 Å². The molecule has 0 amide bonds. The molecule has 7 atom stereocenters. The van der Waals surface area contributed by atoms with Gasteiger partial charge < -0.3 is 44.3 Å². The van der Waals surface area contributed by atoms with Crippen molar-refractivity contribution >= 4 is 16.4 Å². The van der Waals surface area contributed by atoms with Crippen LogP contribution in [0.4, 0.5) is 0 Å². The summed E-state index contributed by atoms with van der Waals surface area (Å²) < 4.78 is 46.9. The van der Waals surface area contributed by atoms with Crippen LogP contribution in [0.5, 0.6) is 23.0 Å². The first-order valence-corrected chi connectivity index (χ1v) is 12.9. The summed E-state index contributed by atoms with van der Waals surface area (Å²) in [5.41, 5.74) is 1.41. The predicted octanol–water partition coefficient (Wildman–Crippen LogP) is 0.608. The molecule has 210 valence electrons. The summed E-state index contributed by atoms with van der Waals surface area (Å²) in [4.78, 5) is 11.4. The normalized spacial score (nSPS) is 25.4. The van der Waals surface area contributed by atoms with Crippen molar-refractivity contribution in [1.29, 1.82) is 0 Å². The number of rotatable bonds is 10. The van der Waals surface area contributed by atoms with Crippen LogP contribution in [0, 0.1) is 11.8 Å². The number of phenolic OH excluding ortho intramolecular Hbond substituents is 2. The molecule has 1 saturated heterocycles. The van der Waals surface area contributed by atoms with Crippen LogP contribution in [0.2, 0.25) is 0 Å². The van der Waals surface area contributed by atoms with E-state index in [0.29, 0.717) is 18.4 Å². The van der Waals surface area contributed by atoms with Crippen LogP contribution in [0.1, 0.15) is 25.0 Å². The average Bonchev–Trinajstić information content (AvgIpc) is 2.82. The molecule has 2 aromatic rings. The maximum Gasteiger partial charge on any atom is 0.446 e. The number of hydrogen-bond acceptors (Lipinski definition) is 11. The van der Waals surface area contributed by atoms with Crippen LogP contribution < -0.4 is 8.92 Å². The zero-order chi connectivity index (χ0) is 28.4. The third kappa shape index (κ3) is 7.24. The molecular formula is C24H30O13S. The van der Waals surface area contributed by atoms with Gasteiger partial charge in [-0.15, -0.1) is 0 Å². The van der Waals surface area contributed by atoms with Crippen LogP contribution in [0.25, 0.3) is 0 Å². The Balaban J connectivity index is 1.82. The fourth-order valence-electron chi connectivity index (χ4n) is 4.07. The fraction of sp³-hybridized carbons (Fsp3) is 0.458. The number of aliphatic carboxylic acids is 1. The molecule has 1 aliphatic heterocycles. The van der Waals surface area contributed by atoms with Crippen molar-refractivity contribution in [3.8, 4) is 23.0 Å². The number of carboxylic acid groups (broad SMARTS) is 1. The van der Waals surface area contributed by atoms with E-state index in [1.807, 2.05) is 13.8 Å². The predicted molar refractivity (Wildman–Crippen MR) is 129 cm³/mol. The van der Waals surface area contributed by atoms with Crippen molar-refractivity contribution in [3.05, 3.63) is 47.5 Å². The second-order valence-corrected chi connectivity index (χ2v) is 10.4. The molecule has 0 aliphatic carbocycles. The van der Waals surface area contributed by atoms with E-state index in [1.54, 1.807) is 6.07 Å². The van der Waals surface area contributed by atoms with Gasteiger partial charge in [-0.2, -0.15) is 8.42 Å². The standard InChI is InChI=1S/C24H30O13S/c1-11(7-13-3-5-15(25)16(26)9-13)12(2)8-14-4-6-17(37-38(32,33)34)18(10-14)35-24-21(29)19(27)20(28)22(36-24)23(30)31/h3-6,9-12,19-22,24-29H,7-8H2,1-2H3,(H,30,31)(H,32,33,34)/t11-,12+,19+,20+,21-,22+,24-/m1/s1. The minimum atomic E-state index is -4.99. The molecule has 0 bridgehead atoms. The molecule has 0 radical (unpaired) electrons. The van der Waals surface area contributed by atoms with Crippen molar-refractivity contribution in [3.63, 3.8) is 0 Å². The van der Waals surface area contributed by atoms with E-state index in [0.717, 1.165) is 5.56 Å². The minimum Gasteiger partial charge on any atom is -0.504 e. The van der Waals surface area contributed by atoms with Gasteiger partial charge in [0.2, 0.25) is 6.29 Å². The molecule has 0 aromatic heterocycles. The van der Waals surface area contributed by atoms with Gasteiger partial charge >= 0.3 is 16.4 Å². The molecule has 1 heterocycles. The van der Waals surface area contributed by atoms with Gasteiger partial charge in [-0.25, -0.2) is 4.79 Å². The molecular weight excluding hydrogens is 528 g/mol. The van der Waals surface area contributed by atoms with Gasteiger partial charge in [-0.05, 0) is 60.1 Å². The summed E-state index contributed by atoms with van der Waals surface area (Å²) in [7, 11) is -4.99. The highest BCUT2D eigenvalue weighted by molar-refractivity contribution is 7.81. The number of hydrogen-bond donors (Lipinski definition) is 7. The number of ether oxygens (including phenoxy) is 2. The lowest BCUT2D eigenvalue weighted by atomic mass is 9.85. The maximum atomic E-state index is 11.4. The van der Waals surface area contributed by atoms with E-state index >= 15 is 0 Å². The lowest BCUT2D eigenvalue weighted by molar-refractivity contribution is -0.271. The van der Waals surface area contributed by atoms with E-state index in [1.165, 1.54) is 30.3 Å². The highest BCUT2D eigenvalue weighted by Crippen LogP contribution is 2.35. The van der Waals surface area contributed by atoms with Crippen molar-refractivity contribution < 1.29 is 62.1 Å². The smallest absolute Gasteiger partial charge is 0.446 e. The van der Waals surface area contributed by atoms with E-state index in [4.69, 9.17) is 14.0 Å². The third-order valence-corrected chi connectivity index (χ3v) is 6.78. The second kappa shape index (κ2) is 11.7. The van der Waals surface area contributed by atoms with E-state index in [-0.39, 0.29) is 29.1 Å². The van der Waals surface area contributed by atoms with E-state index in [9.17, 15) is 43.9 Å². The zero-order valence-electron chi connectivity index (χ0n) is 20.4. The fourth-order valence-corrected chi connectivity index (χ4v) is 4.43. The van der Waals surface area contributed by atoms with Crippen LogP contribution in [-0.2, 0) is 32.8 Å². The molecule has 38 heavy (non-hydrogen) atoms. The summed E-state index contributed by atoms with van der Waals surface area (Å²) in [5.74, 6) is -2.83. The first kappa shape index (κ1) is 29.4. The summed E-state index contributed by atoms with van der Waals surface area (Å²) in [6, 6.07) is 8.60. The van der Waals surface area contributed by atoms with Gasteiger partial charge in [0.15, 0.2) is 29.1 Å². The number of aliphatic hydroxyl groups is 3. The molecule has 0 saturated carbocycles. The number of carbonyl (C=O) groups is 1. The van der Waals surface area contributed by atoms with Gasteiger partial charge in [0.25, 0.3) is 0 Å². The molecule has 14 heteroatoms. The molecule has 0 spiro atoms. The molecule has 1 fully saturated rings.